The largest absolute Gasteiger partial charge is 0.336 e. The molecule has 11 heavy (non-hydrogen) atoms. The molecule has 1 fully saturated rings. The molecule has 1 aliphatic heterocycles. The Morgan fingerprint density at radius 3 is 3.18 bits per heavy atom. The first-order valence-electron chi connectivity index (χ1n) is 3.20. The summed E-state index contributed by atoms with van der Waals surface area (Å²) in [6.45, 7) is 1.25. The molecule has 0 radical (unpaired) electrons. The Hall–Kier alpha value is -1.59. The molecule has 2 heterocycles. The van der Waals surface area contributed by atoms with Gasteiger partial charge in [0.25, 0.3) is 5.88 Å². The van der Waals surface area contributed by atoms with Crippen LogP contribution in [-0.4, -0.2) is 29.5 Å². The second-order valence-electron chi connectivity index (χ2n) is 2.14. The highest BCUT2D eigenvalue weighted by atomic mass is 16.5. The summed E-state index contributed by atoms with van der Waals surface area (Å²) >= 11 is 0. The number of urea groups is 1. The quantitative estimate of drug-likeness (QED) is 0.597. The van der Waals surface area contributed by atoms with E-state index < -0.39 is 0 Å². The van der Waals surface area contributed by atoms with E-state index in [2.05, 4.69) is 15.7 Å². The summed E-state index contributed by atoms with van der Waals surface area (Å²) in [6, 6.07) is -0.163. The van der Waals surface area contributed by atoms with Gasteiger partial charge in [-0.15, -0.1) is 5.10 Å². The Labute approximate surface area is 62.1 Å². The first kappa shape index (κ1) is 6.14. The number of amides is 2. The molecule has 0 atom stereocenters. The Kier molecular flexibility index (Phi) is 1.24. The van der Waals surface area contributed by atoms with Gasteiger partial charge in [0, 0.05) is 18.4 Å². The van der Waals surface area contributed by atoms with E-state index in [4.69, 9.17) is 4.52 Å². The minimum atomic E-state index is -0.163. The Balaban J connectivity index is 2.23. The molecular formula is C5H6N4O2. The molecule has 0 aromatic carbocycles. The Bertz CT molecular complexity index is 257. The van der Waals surface area contributed by atoms with E-state index in [0.717, 1.165) is 0 Å². The molecule has 6 heteroatoms. The maximum absolute atomic E-state index is 11.0. The third-order valence-corrected chi connectivity index (χ3v) is 1.47. The fourth-order valence-corrected chi connectivity index (χ4v) is 0.963. The normalized spacial score (nSPS) is 17.1. The number of aromatic nitrogens is 2. The lowest BCUT2D eigenvalue weighted by atomic mass is 10.6. The van der Waals surface area contributed by atoms with Gasteiger partial charge in [-0.25, -0.2) is 4.79 Å². The summed E-state index contributed by atoms with van der Waals surface area (Å²) in [5, 5.41) is 9.35. The van der Waals surface area contributed by atoms with E-state index in [0.29, 0.717) is 19.0 Å². The smallest absolute Gasteiger partial charge is 0.324 e. The van der Waals surface area contributed by atoms with Crippen molar-refractivity contribution in [2.75, 3.05) is 18.0 Å². The second kappa shape index (κ2) is 2.22. The van der Waals surface area contributed by atoms with Crippen LogP contribution in [-0.2, 0) is 0 Å². The zero-order valence-corrected chi connectivity index (χ0v) is 5.65. The third kappa shape index (κ3) is 0.917. The summed E-state index contributed by atoms with van der Waals surface area (Å²) in [7, 11) is 0. The zero-order valence-electron chi connectivity index (χ0n) is 5.65. The van der Waals surface area contributed by atoms with Crippen LogP contribution in [0.3, 0.4) is 0 Å². The van der Waals surface area contributed by atoms with Crippen molar-refractivity contribution in [3.05, 3.63) is 6.20 Å². The first-order chi connectivity index (χ1) is 5.38. The van der Waals surface area contributed by atoms with Crippen LogP contribution in [0.4, 0.5) is 10.7 Å². The minimum absolute atomic E-state index is 0.163. The second-order valence-corrected chi connectivity index (χ2v) is 2.14. The molecule has 1 aromatic heterocycles. The van der Waals surface area contributed by atoms with Gasteiger partial charge in [-0.2, -0.15) is 0 Å². The summed E-state index contributed by atoms with van der Waals surface area (Å²) < 4.78 is 4.69. The van der Waals surface area contributed by atoms with Crippen LogP contribution >= 0.6 is 0 Å². The average molecular weight is 154 g/mol. The number of carbonyl (C=O) groups is 1. The monoisotopic (exact) mass is 154 g/mol. The number of nitrogens with one attached hydrogen (secondary N) is 1. The first-order valence-corrected chi connectivity index (χ1v) is 3.20. The Morgan fingerprint density at radius 2 is 2.64 bits per heavy atom. The highest BCUT2D eigenvalue weighted by molar-refractivity contribution is 5.92. The van der Waals surface area contributed by atoms with Crippen molar-refractivity contribution in [3.63, 3.8) is 0 Å². The molecule has 0 bridgehead atoms. The molecule has 0 unspecified atom stereocenters. The highest BCUT2D eigenvalue weighted by Gasteiger charge is 2.23. The predicted molar refractivity (Wildman–Crippen MR) is 35.0 cm³/mol. The van der Waals surface area contributed by atoms with Gasteiger partial charge in [0.1, 0.15) is 6.20 Å². The van der Waals surface area contributed by atoms with Crippen LogP contribution in [0.2, 0.25) is 0 Å². The lowest BCUT2D eigenvalue weighted by Crippen LogP contribution is -2.27. The van der Waals surface area contributed by atoms with Gasteiger partial charge < -0.3 is 9.84 Å². The minimum Gasteiger partial charge on any atom is -0.336 e. The molecule has 1 aromatic rings. The van der Waals surface area contributed by atoms with Crippen molar-refractivity contribution in [1.82, 2.24) is 15.7 Å². The van der Waals surface area contributed by atoms with Gasteiger partial charge in [0.15, 0.2) is 0 Å². The molecule has 58 valence electrons. The zero-order chi connectivity index (χ0) is 7.68. The number of carbonyl (C=O) groups excluding carboxylic acids is 1. The van der Waals surface area contributed by atoms with Gasteiger partial charge in [0.05, 0.1) is 0 Å². The number of anilines is 1. The number of hydrogen-bond donors (Lipinski definition) is 1. The maximum Gasteiger partial charge on any atom is 0.324 e. The van der Waals surface area contributed by atoms with E-state index in [1.54, 1.807) is 0 Å². The van der Waals surface area contributed by atoms with Crippen molar-refractivity contribution >= 4 is 11.9 Å². The average Bonchev–Trinajstić information content (AvgIpc) is 2.55. The topological polar surface area (TPSA) is 71.3 Å². The molecular weight excluding hydrogens is 148 g/mol. The lowest BCUT2D eigenvalue weighted by molar-refractivity contribution is 0.250. The molecule has 1 aliphatic rings. The van der Waals surface area contributed by atoms with Crippen LogP contribution in [0, 0.1) is 0 Å². The third-order valence-electron chi connectivity index (χ3n) is 1.47. The molecule has 1 N–H and O–H groups in total. The molecule has 0 spiro atoms. The number of rotatable bonds is 1. The molecule has 6 nitrogen and oxygen atoms in total. The van der Waals surface area contributed by atoms with E-state index in [1.807, 2.05) is 0 Å². The van der Waals surface area contributed by atoms with Crippen LogP contribution in [0.25, 0.3) is 0 Å². The summed E-state index contributed by atoms with van der Waals surface area (Å²) in [5.41, 5.74) is 0. The van der Waals surface area contributed by atoms with E-state index in [9.17, 15) is 4.79 Å². The van der Waals surface area contributed by atoms with Crippen molar-refractivity contribution in [1.29, 1.82) is 0 Å². The van der Waals surface area contributed by atoms with E-state index >= 15 is 0 Å². The van der Waals surface area contributed by atoms with E-state index in [1.165, 1.54) is 11.1 Å². The van der Waals surface area contributed by atoms with Crippen LogP contribution < -0.4 is 10.2 Å². The predicted octanol–water partition coefficient (Wildman–Crippen LogP) is -0.401. The van der Waals surface area contributed by atoms with E-state index in [-0.39, 0.29) is 6.03 Å². The van der Waals surface area contributed by atoms with Crippen molar-refractivity contribution in [3.8, 4) is 0 Å². The summed E-state index contributed by atoms with van der Waals surface area (Å²) in [6.07, 6.45) is 1.41. The number of hydrogen-bond acceptors (Lipinski definition) is 4. The molecule has 2 amide bonds. The maximum atomic E-state index is 11.0. The fraction of sp³-hybridized carbons (Fsp3) is 0.400. The van der Waals surface area contributed by atoms with Crippen LogP contribution in [0.15, 0.2) is 10.7 Å². The van der Waals surface area contributed by atoms with Gasteiger partial charge in [0.2, 0.25) is 0 Å². The summed E-state index contributed by atoms with van der Waals surface area (Å²) in [4.78, 5) is 12.4. The Morgan fingerprint density at radius 1 is 1.73 bits per heavy atom. The van der Waals surface area contributed by atoms with Crippen LogP contribution in [0.5, 0.6) is 0 Å². The van der Waals surface area contributed by atoms with Gasteiger partial charge in [-0.3, -0.25) is 4.90 Å². The lowest BCUT2D eigenvalue weighted by Gasteiger charge is -2.06. The van der Waals surface area contributed by atoms with Gasteiger partial charge in [-0.1, -0.05) is 0 Å². The summed E-state index contributed by atoms with van der Waals surface area (Å²) in [5.74, 6) is 0.389. The molecule has 1 saturated heterocycles. The van der Waals surface area contributed by atoms with Crippen molar-refractivity contribution < 1.29 is 9.32 Å². The number of nitrogens with zero attached hydrogens (tertiary/aromatic N) is 3. The highest BCUT2D eigenvalue weighted by Crippen LogP contribution is 2.12. The molecule has 2 rings (SSSR count). The SMILES string of the molecule is O=C1NCCN1c1cnno1. The fourth-order valence-electron chi connectivity index (χ4n) is 0.963. The standard InChI is InChI=1S/C5H6N4O2/c10-5-6-1-2-9(5)4-3-7-8-11-4/h3H,1-2H2,(H,6,10). The molecule has 0 aliphatic carbocycles. The van der Waals surface area contributed by atoms with Crippen molar-refractivity contribution in [2.45, 2.75) is 0 Å². The van der Waals surface area contributed by atoms with Crippen LogP contribution in [0.1, 0.15) is 0 Å². The van der Waals surface area contributed by atoms with Gasteiger partial charge in [-0.05, 0) is 0 Å². The van der Waals surface area contributed by atoms with Crippen molar-refractivity contribution in [2.24, 2.45) is 0 Å². The molecule has 0 saturated carbocycles. The van der Waals surface area contributed by atoms with Gasteiger partial charge >= 0.3 is 6.03 Å².